The molecule has 0 fully saturated rings. The second-order valence-corrected chi connectivity index (χ2v) is 3.72. The molecule has 6 heteroatoms. The standard InChI is InChI=1S/C8H7BN2O2S/c1-2-13-8(12)6-7-11(4-10-6)3-5(9)14-7/h3-4H,2H2,1H3. The van der Waals surface area contributed by atoms with E-state index < -0.39 is 5.97 Å². The summed E-state index contributed by atoms with van der Waals surface area (Å²) < 4.78 is 7.22. The van der Waals surface area contributed by atoms with E-state index in [0.29, 0.717) is 17.1 Å². The lowest BCUT2D eigenvalue weighted by Crippen LogP contribution is -2.04. The molecule has 0 unspecified atom stereocenters. The lowest BCUT2D eigenvalue weighted by molar-refractivity contribution is 0.0523. The first-order valence-electron chi connectivity index (χ1n) is 4.11. The van der Waals surface area contributed by atoms with E-state index in [-0.39, 0.29) is 0 Å². The fraction of sp³-hybridized carbons (Fsp3) is 0.250. The molecule has 2 rings (SSSR count). The number of carbonyl (C=O) groups is 1. The number of hydrogen-bond donors (Lipinski definition) is 0. The van der Waals surface area contributed by atoms with Crippen molar-refractivity contribution in [3.8, 4) is 0 Å². The van der Waals surface area contributed by atoms with Crippen LogP contribution >= 0.6 is 11.3 Å². The Balaban J connectivity index is 2.46. The van der Waals surface area contributed by atoms with Crippen LogP contribution in [0.2, 0.25) is 0 Å². The molecule has 0 saturated carbocycles. The van der Waals surface area contributed by atoms with Crippen molar-refractivity contribution in [1.82, 2.24) is 9.38 Å². The van der Waals surface area contributed by atoms with E-state index in [9.17, 15) is 4.79 Å². The Morgan fingerprint density at radius 2 is 2.57 bits per heavy atom. The summed E-state index contributed by atoms with van der Waals surface area (Å²) in [5.41, 5.74) is 0.327. The van der Waals surface area contributed by atoms with Crippen LogP contribution in [-0.2, 0) is 4.74 Å². The number of fused-ring (bicyclic) bond motifs is 1. The maximum atomic E-state index is 11.4. The molecule has 0 bridgehead atoms. The molecule has 2 aromatic heterocycles. The highest BCUT2D eigenvalue weighted by atomic mass is 32.1. The Morgan fingerprint density at radius 3 is 3.29 bits per heavy atom. The van der Waals surface area contributed by atoms with Gasteiger partial charge in [0.1, 0.15) is 19.0 Å². The summed E-state index contributed by atoms with van der Waals surface area (Å²) >= 11 is 1.32. The maximum Gasteiger partial charge on any atom is 0.360 e. The monoisotopic (exact) mass is 206 g/mol. The van der Waals surface area contributed by atoms with Gasteiger partial charge in [0.15, 0.2) is 5.69 Å². The van der Waals surface area contributed by atoms with Gasteiger partial charge in [-0.15, -0.1) is 11.3 Å². The number of aromatic nitrogens is 2. The predicted octanol–water partition coefficient (Wildman–Crippen LogP) is 0.366. The Labute approximate surface area is 85.9 Å². The third-order valence-corrected chi connectivity index (χ3v) is 2.64. The molecule has 0 aliphatic carbocycles. The predicted molar refractivity (Wildman–Crippen MR) is 54.4 cm³/mol. The van der Waals surface area contributed by atoms with Crippen LogP contribution < -0.4 is 4.78 Å². The Hall–Kier alpha value is -1.30. The van der Waals surface area contributed by atoms with Crippen molar-refractivity contribution in [1.29, 1.82) is 0 Å². The lowest BCUT2D eigenvalue weighted by Gasteiger charge is -1.96. The van der Waals surface area contributed by atoms with Gasteiger partial charge in [0.2, 0.25) is 0 Å². The van der Waals surface area contributed by atoms with Gasteiger partial charge in [-0.05, 0) is 11.7 Å². The third-order valence-electron chi connectivity index (χ3n) is 1.70. The van der Waals surface area contributed by atoms with Crippen molar-refractivity contribution in [2.45, 2.75) is 6.92 Å². The van der Waals surface area contributed by atoms with Gasteiger partial charge in [-0.2, -0.15) is 0 Å². The topological polar surface area (TPSA) is 43.6 Å². The highest BCUT2D eigenvalue weighted by molar-refractivity contribution is 7.25. The van der Waals surface area contributed by atoms with Gasteiger partial charge in [-0.1, -0.05) is 0 Å². The molecule has 0 amide bonds. The zero-order valence-corrected chi connectivity index (χ0v) is 8.37. The average molecular weight is 206 g/mol. The number of hydrogen-bond acceptors (Lipinski definition) is 4. The van der Waals surface area contributed by atoms with Crippen molar-refractivity contribution < 1.29 is 9.53 Å². The van der Waals surface area contributed by atoms with E-state index in [0.717, 1.165) is 4.83 Å². The molecule has 2 aromatic rings. The molecule has 70 valence electrons. The molecule has 0 aliphatic rings. The summed E-state index contributed by atoms with van der Waals surface area (Å²) in [6, 6.07) is 0. The minimum absolute atomic E-state index is 0.327. The summed E-state index contributed by atoms with van der Waals surface area (Å²) in [5, 5.41) is 0. The molecule has 14 heavy (non-hydrogen) atoms. The molecule has 2 radical (unpaired) electrons. The first-order valence-corrected chi connectivity index (χ1v) is 4.93. The van der Waals surface area contributed by atoms with Crippen molar-refractivity contribution >= 4 is 34.8 Å². The lowest BCUT2D eigenvalue weighted by atomic mass is 10.1. The van der Waals surface area contributed by atoms with Gasteiger partial charge in [-0.25, -0.2) is 9.78 Å². The van der Waals surface area contributed by atoms with Gasteiger partial charge >= 0.3 is 5.97 Å². The van der Waals surface area contributed by atoms with Crippen molar-refractivity contribution in [3.05, 3.63) is 18.2 Å². The van der Waals surface area contributed by atoms with E-state index in [1.54, 1.807) is 23.8 Å². The van der Waals surface area contributed by atoms with E-state index in [1.807, 2.05) is 0 Å². The maximum absolute atomic E-state index is 11.4. The van der Waals surface area contributed by atoms with Crippen LogP contribution in [0.5, 0.6) is 0 Å². The summed E-state index contributed by atoms with van der Waals surface area (Å²) in [6.07, 6.45) is 3.27. The van der Waals surface area contributed by atoms with Crippen molar-refractivity contribution in [2.24, 2.45) is 0 Å². The summed E-state index contributed by atoms with van der Waals surface area (Å²) in [5.74, 6) is -0.406. The number of rotatable bonds is 2. The summed E-state index contributed by atoms with van der Waals surface area (Å²) in [7, 11) is 5.60. The molecule has 0 N–H and O–H groups in total. The van der Waals surface area contributed by atoms with E-state index in [2.05, 4.69) is 4.98 Å². The van der Waals surface area contributed by atoms with Crippen LogP contribution in [0, 0.1) is 0 Å². The number of imidazole rings is 1. The second kappa shape index (κ2) is 3.45. The van der Waals surface area contributed by atoms with Crippen LogP contribution in [0.3, 0.4) is 0 Å². The summed E-state index contributed by atoms with van der Waals surface area (Å²) in [6.45, 7) is 2.10. The quantitative estimate of drug-likeness (QED) is 0.526. The average Bonchev–Trinajstić information content (AvgIpc) is 2.62. The van der Waals surface area contributed by atoms with Gasteiger partial charge in [0, 0.05) is 6.20 Å². The first-order chi connectivity index (χ1) is 6.72. The second-order valence-electron chi connectivity index (χ2n) is 2.66. The van der Waals surface area contributed by atoms with E-state index >= 15 is 0 Å². The molecule has 0 atom stereocenters. The van der Waals surface area contributed by atoms with E-state index in [4.69, 9.17) is 12.6 Å². The molecule has 0 aliphatic heterocycles. The Morgan fingerprint density at radius 1 is 1.79 bits per heavy atom. The zero-order valence-electron chi connectivity index (χ0n) is 7.56. The zero-order chi connectivity index (χ0) is 10.1. The smallest absolute Gasteiger partial charge is 0.360 e. The van der Waals surface area contributed by atoms with Crippen LogP contribution in [0.1, 0.15) is 17.4 Å². The first kappa shape index (κ1) is 9.27. The highest BCUT2D eigenvalue weighted by Crippen LogP contribution is 2.14. The van der Waals surface area contributed by atoms with Gasteiger partial charge in [-0.3, -0.25) is 4.40 Å². The molecule has 0 aromatic carbocycles. The Bertz CT molecular complexity index is 477. The molecular weight excluding hydrogens is 199 g/mol. The highest BCUT2D eigenvalue weighted by Gasteiger charge is 2.15. The number of thiazole rings is 1. The largest absolute Gasteiger partial charge is 0.461 e. The molecular formula is C8H7BN2O2S. The molecule has 0 spiro atoms. The van der Waals surface area contributed by atoms with Crippen molar-refractivity contribution in [3.63, 3.8) is 0 Å². The van der Waals surface area contributed by atoms with Crippen LogP contribution in [-0.4, -0.2) is 29.8 Å². The minimum atomic E-state index is -0.406. The minimum Gasteiger partial charge on any atom is -0.461 e. The third kappa shape index (κ3) is 1.41. The molecule has 0 saturated heterocycles. The number of esters is 1. The van der Waals surface area contributed by atoms with Crippen molar-refractivity contribution in [2.75, 3.05) is 6.61 Å². The van der Waals surface area contributed by atoms with Crippen LogP contribution in [0.4, 0.5) is 0 Å². The Kier molecular flexibility index (Phi) is 2.29. The number of carbonyl (C=O) groups excluding carboxylic acids is 1. The molecule has 4 nitrogen and oxygen atoms in total. The fourth-order valence-corrected chi connectivity index (χ4v) is 1.98. The van der Waals surface area contributed by atoms with Crippen LogP contribution in [0.15, 0.2) is 12.5 Å². The SMILES string of the molecule is [B]c1cn2cnc(C(=O)OCC)c2s1. The van der Waals surface area contributed by atoms with Crippen LogP contribution in [0.25, 0.3) is 4.83 Å². The van der Waals surface area contributed by atoms with Gasteiger partial charge in [0.05, 0.1) is 6.61 Å². The summed E-state index contributed by atoms with van der Waals surface area (Å²) in [4.78, 5) is 16.1. The fourth-order valence-electron chi connectivity index (χ4n) is 1.16. The van der Waals surface area contributed by atoms with Gasteiger partial charge < -0.3 is 4.74 Å². The van der Waals surface area contributed by atoms with Gasteiger partial charge in [0.25, 0.3) is 0 Å². The number of ether oxygens (including phenoxy) is 1. The molecule has 2 heterocycles. The van der Waals surface area contributed by atoms with E-state index in [1.165, 1.54) is 11.3 Å². The number of nitrogens with zero attached hydrogens (tertiary/aromatic N) is 2. The normalized spacial score (nSPS) is 10.6.